The SMILES string of the molecule is CCCC/C(C)=N/Oc1cc(C)nc(C)n1. The maximum absolute atomic E-state index is 5.26. The molecule has 1 aromatic rings. The molecule has 0 fully saturated rings. The number of hydrogen-bond acceptors (Lipinski definition) is 4. The van der Waals surface area contributed by atoms with Gasteiger partial charge in [-0.2, -0.15) is 4.98 Å². The third-order valence-corrected chi connectivity index (χ3v) is 2.13. The first kappa shape index (κ1) is 12.6. The van der Waals surface area contributed by atoms with Crippen molar-refractivity contribution < 1.29 is 4.84 Å². The Bertz CT molecular complexity index is 354. The Morgan fingerprint density at radius 2 is 2.12 bits per heavy atom. The van der Waals surface area contributed by atoms with Crippen molar-refractivity contribution in [2.75, 3.05) is 0 Å². The molecule has 0 N–H and O–H groups in total. The summed E-state index contributed by atoms with van der Waals surface area (Å²) in [6.07, 6.45) is 3.28. The molecule has 0 spiro atoms. The second-order valence-corrected chi connectivity index (χ2v) is 3.92. The molecule has 0 aliphatic carbocycles. The Labute approximate surface area is 96.8 Å². The molecular weight excluding hydrogens is 202 g/mol. The Hall–Kier alpha value is -1.45. The molecule has 0 saturated heterocycles. The summed E-state index contributed by atoms with van der Waals surface area (Å²) in [5, 5.41) is 4.04. The van der Waals surface area contributed by atoms with E-state index in [1.807, 2.05) is 20.8 Å². The first-order valence-corrected chi connectivity index (χ1v) is 5.64. The summed E-state index contributed by atoms with van der Waals surface area (Å²) in [7, 11) is 0. The molecular formula is C12H19N3O. The molecule has 0 unspecified atom stereocenters. The molecule has 16 heavy (non-hydrogen) atoms. The van der Waals surface area contributed by atoms with Crippen LogP contribution in [0.15, 0.2) is 11.2 Å². The Kier molecular flexibility index (Phi) is 4.89. The average molecular weight is 221 g/mol. The van der Waals surface area contributed by atoms with Gasteiger partial charge in [0.15, 0.2) is 0 Å². The van der Waals surface area contributed by atoms with Crippen molar-refractivity contribution in [3.8, 4) is 5.88 Å². The van der Waals surface area contributed by atoms with Crippen molar-refractivity contribution in [1.82, 2.24) is 9.97 Å². The van der Waals surface area contributed by atoms with E-state index in [0.717, 1.165) is 24.2 Å². The van der Waals surface area contributed by atoms with E-state index in [1.165, 1.54) is 6.42 Å². The molecule has 0 aromatic carbocycles. The van der Waals surface area contributed by atoms with Crippen LogP contribution >= 0.6 is 0 Å². The first-order chi connectivity index (χ1) is 7.61. The molecule has 0 amide bonds. The minimum absolute atomic E-state index is 0.515. The number of hydrogen-bond donors (Lipinski definition) is 0. The van der Waals surface area contributed by atoms with Crippen LogP contribution in [0.1, 0.15) is 44.6 Å². The van der Waals surface area contributed by atoms with E-state index in [-0.39, 0.29) is 0 Å². The summed E-state index contributed by atoms with van der Waals surface area (Å²) in [5.41, 5.74) is 1.89. The van der Waals surface area contributed by atoms with Crippen molar-refractivity contribution >= 4 is 5.71 Å². The standard InChI is InChI=1S/C12H19N3O/c1-5-6-7-9(2)15-16-12-8-10(3)13-11(4)14-12/h8H,5-7H2,1-4H3/b15-9+. The fraction of sp³-hybridized carbons (Fsp3) is 0.583. The zero-order chi connectivity index (χ0) is 12.0. The van der Waals surface area contributed by atoms with Crippen LogP contribution in [-0.2, 0) is 0 Å². The van der Waals surface area contributed by atoms with E-state index in [1.54, 1.807) is 6.07 Å². The second kappa shape index (κ2) is 6.20. The van der Waals surface area contributed by atoms with Crippen LogP contribution in [0, 0.1) is 13.8 Å². The summed E-state index contributed by atoms with van der Waals surface area (Å²) in [6.45, 7) is 7.88. The van der Waals surface area contributed by atoms with Gasteiger partial charge in [0.2, 0.25) is 0 Å². The summed E-state index contributed by atoms with van der Waals surface area (Å²) >= 11 is 0. The van der Waals surface area contributed by atoms with Crippen molar-refractivity contribution in [2.45, 2.75) is 47.0 Å². The van der Waals surface area contributed by atoms with Gasteiger partial charge in [-0.05, 0) is 33.6 Å². The monoisotopic (exact) mass is 221 g/mol. The van der Waals surface area contributed by atoms with Crippen LogP contribution in [0.4, 0.5) is 0 Å². The molecule has 4 nitrogen and oxygen atoms in total. The number of unbranched alkanes of at least 4 members (excludes halogenated alkanes) is 1. The van der Waals surface area contributed by atoms with Crippen LogP contribution in [0.3, 0.4) is 0 Å². The number of aromatic nitrogens is 2. The van der Waals surface area contributed by atoms with Gasteiger partial charge in [-0.25, -0.2) is 4.98 Å². The van der Waals surface area contributed by atoms with Crippen molar-refractivity contribution in [3.63, 3.8) is 0 Å². The largest absolute Gasteiger partial charge is 0.337 e. The predicted octanol–water partition coefficient (Wildman–Crippen LogP) is 3.04. The average Bonchev–Trinajstić information content (AvgIpc) is 2.22. The lowest BCUT2D eigenvalue weighted by atomic mass is 10.2. The fourth-order valence-corrected chi connectivity index (χ4v) is 1.33. The molecule has 0 aliphatic heterocycles. The van der Waals surface area contributed by atoms with Gasteiger partial charge in [-0.1, -0.05) is 18.5 Å². The van der Waals surface area contributed by atoms with E-state index in [0.29, 0.717) is 11.7 Å². The highest BCUT2D eigenvalue weighted by molar-refractivity contribution is 5.81. The zero-order valence-corrected chi connectivity index (χ0v) is 10.4. The number of nitrogens with zero attached hydrogens (tertiary/aromatic N) is 3. The number of aryl methyl sites for hydroxylation is 2. The lowest BCUT2D eigenvalue weighted by Crippen LogP contribution is -1.98. The van der Waals surface area contributed by atoms with Gasteiger partial charge < -0.3 is 4.84 Å². The summed E-state index contributed by atoms with van der Waals surface area (Å²) in [5.74, 6) is 1.22. The lowest BCUT2D eigenvalue weighted by molar-refractivity contribution is 0.323. The lowest BCUT2D eigenvalue weighted by Gasteiger charge is -2.02. The van der Waals surface area contributed by atoms with E-state index < -0.39 is 0 Å². The van der Waals surface area contributed by atoms with E-state index in [9.17, 15) is 0 Å². The van der Waals surface area contributed by atoms with Gasteiger partial charge >= 0.3 is 0 Å². The van der Waals surface area contributed by atoms with Gasteiger partial charge in [0.05, 0.1) is 5.71 Å². The first-order valence-electron chi connectivity index (χ1n) is 5.64. The third-order valence-electron chi connectivity index (χ3n) is 2.13. The molecule has 1 heterocycles. The van der Waals surface area contributed by atoms with E-state index >= 15 is 0 Å². The molecule has 1 rings (SSSR count). The van der Waals surface area contributed by atoms with Crippen LogP contribution in [0.2, 0.25) is 0 Å². The van der Waals surface area contributed by atoms with Crippen molar-refractivity contribution in [1.29, 1.82) is 0 Å². The molecule has 0 aliphatic rings. The highest BCUT2D eigenvalue weighted by Crippen LogP contribution is 2.09. The molecule has 0 bridgehead atoms. The minimum atomic E-state index is 0.515. The summed E-state index contributed by atoms with van der Waals surface area (Å²) in [4.78, 5) is 13.6. The molecule has 0 radical (unpaired) electrons. The van der Waals surface area contributed by atoms with Crippen LogP contribution < -0.4 is 4.84 Å². The van der Waals surface area contributed by atoms with Crippen molar-refractivity contribution in [3.05, 3.63) is 17.6 Å². The summed E-state index contributed by atoms with van der Waals surface area (Å²) in [6, 6.07) is 1.78. The molecule has 4 heteroatoms. The highest BCUT2D eigenvalue weighted by atomic mass is 16.6. The van der Waals surface area contributed by atoms with Crippen molar-refractivity contribution in [2.24, 2.45) is 5.16 Å². The zero-order valence-electron chi connectivity index (χ0n) is 10.4. The number of oxime groups is 1. The molecule has 0 saturated carbocycles. The fourth-order valence-electron chi connectivity index (χ4n) is 1.33. The van der Waals surface area contributed by atoms with Crippen LogP contribution in [0.5, 0.6) is 5.88 Å². The maximum atomic E-state index is 5.26. The Balaban J connectivity index is 2.59. The molecule has 1 aromatic heterocycles. The quantitative estimate of drug-likeness (QED) is 0.567. The minimum Gasteiger partial charge on any atom is -0.337 e. The Morgan fingerprint density at radius 3 is 2.75 bits per heavy atom. The molecule has 88 valence electrons. The Morgan fingerprint density at radius 1 is 1.38 bits per heavy atom. The van der Waals surface area contributed by atoms with E-state index in [2.05, 4.69) is 22.0 Å². The van der Waals surface area contributed by atoms with Gasteiger partial charge in [0.25, 0.3) is 5.88 Å². The second-order valence-electron chi connectivity index (χ2n) is 3.92. The molecule has 0 atom stereocenters. The smallest absolute Gasteiger partial charge is 0.252 e. The summed E-state index contributed by atoms with van der Waals surface area (Å²) < 4.78 is 0. The van der Waals surface area contributed by atoms with E-state index in [4.69, 9.17) is 4.84 Å². The predicted molar refractivity (Wildman–Crippen MR) is 64.8 cm³/mol. The van der Waals surface area contributed by atoms with Gasteiger partial charge in [0, 0.05) is 11.8 Å². The van der Waals surface area contributed by atoms with Crippen LogP contribution in [-0.4, -0.2) is 15.7 Å². The topological polar surface area (TPSA) is 47.4 Å². The maximum Gasteiger partial charge on any atom is 0.252 e. The number of rotatable bonds is 5. The van der Waals surface area contributed by atoms with Gasteiger partial charge in [0.1, 0.15) is 5.82 Å². The third kappa shape index (κ3) is 4.38. The highest BCUT2D eigenvalue weighted by Gasteiger charge is 1.99. The normalized spacial score (nSPS) is 11.6. The van der Waals surface area contributed by atoms with Gasteiger partial charge in [-0.15, -0.1) is 0 Å². The van der Waals surface area contributed by atoms with Gasteiger partial charge in [-0.3, -0.25) is 0 Å². The van der Waals surface area contributed by atoms with Crippen LogP contribution in [0.25, 0.3) is 0 Å².